The number of nitrogens with zero attached hydrogens (tertiary/aromatic N) is 5. The fraction of sp³-hybridized carbons (Fsp3) is 0.375. The summed E-state index contributed by atoms with van der Waals surface area (Å²) in [6, 6.07) is 7.54. The molecule has 0 amide bonds. The molecule has 1 fully saturated rings. The predicted molar refractivity (Wildman–Crippen MR) is 130 cm³/mol. The Morgan fingerprint density at radius 3 is 2.74 bits per heavy atom. The van der Waals surface area contributed by atoms with Crippen LogP contribution in [0.4, 0.5) is 20.4 Å². The van der Waals surface area contributed by atoms with Crippen molar-refractivity contribution < 1.29 is 8.78 Å². The Bertz CT molecular complexity index is 1190. The van der Waals surface area contributed by atoms with Crippen molar-refractivity contribution in [1.29, 1.82) is 5.41 Å². The van der Waals surface area contributed by atoms with Gasteiger partial charge in [-0.1, -0.05) is 13.8 Å². The second-order valence-electron chi connectivity index (χ2n) is 8.73. The van der Waals surface area contributed by atoms with Crippen LogP contribution in [0, 0.1) is 5.41 Å². The molecule has 4 heterocycles. The smallest absolute Gasteiger partial charge is 0.272 e. The van der Waals surface area contributed by atoms with Crippen molar-refractivity contribution in [2.75, 3.05) is 31.5 Å². The summed E-state index contributed by atoms with van der Waals surface area (Å²) in [5, 5.41) is 22.3. The SMILES string of the molecule is CC(C)c1cnnc(Nc2ccc3ncc(/C(C=N)=C/NCCCN4CC(F)(F)C4)cc3n2)c1. The predicted octanol–water partition coefficient (Wildman–Crippen LogP) is 4.21. The highest BCUT2D eigenvalue weighted by Crippen LogP contribution is 2.26. The van der Waals surface area contributed by atoms with E-state index in [1.165, 1.54) is 6.21 Å². The van der Waals surface area contributed by atoms with Gasteiger partial charge in [-0.05, 0) is 42.2 Å². The average Bonchev–Trinajstić information content (AvgIpc) is 2.80. The first-order chi connectivity index (χ1) is 16.3. The van der Waals surface area contributed by atoms with Gasteiger partial charge in [0.25, 0.3) is 5.92 Å². The van der Waals surface area contributed by atoms with Gasteiger partial charge in [0, 0.05) is 42.8 Å². The standard InChI is InChI=1S/C24H28F2N8/c1-16(2)17-9-23(33-30-13-17)32-22-5-4-20-21(31-22)8-18(12-29-20)19(10-27)11-28-6-3-7-34-14-24(25,26)15-34/h4-5,8-13,16,27-28H,3,6-7,14-15H2,1-2H3,(H,31,32,33)/b19-11+,27-10?. The molecule has 0 aliphatic carbocycles. The number of rotatable bonds is 10. The van der Waals surface area contributed by atoms with Crippen LogP contribution in [0.5, 0.6) is 0 Å². The summed E-state index contributed by atoms with van der Waals surface area (Å²) in [5.41, 5.74) is 3.91. The zero-order valence-corrected chi connectivity index (χ0v) is 19.2. The largest absolute Gasteiger partial charge is 0.390 e. The van der Waals surface area contributed by atoms with Gasteiger partial charge in [-0.15, -0.1) is 5.10 Å². The molecule has 0 unspecified atom stereocenters. The maximum Gasteiger partial charge on any atom is 0.272 e. The van der Waals surface area contributed by atoms with E-state index in [9.17, 15) is 8.78 Å². The number of hydrogen-bond donors (Lipinski definition) is 3. The molecule has 0 radical (unpaired) electrons. The van der Waals surface area contributed by atoms with Crippen LogP contribution in [0.15, 0.2) is 42.9 Å². The van der Waals surface area contributed by atoms with Gasteiger partial charge >= 0.3 is 0 Å². The second-order valence-corrected chi connectivity index (χ2v) is 8.73. The summed E-state index contributed by atoms with van der Waals surface area (Å²) in [6.07, 6.45) is 7.19. The minimum Gasteiger partial charge on any atom is -0.390 e. The third-order valence-corrected chi connectivity index (χ3v) is 5.59. The highest BCUT2D eigenvalue weighted by molar-refractivity contribution is 6.08. The number of nitrogens with one attached hydrogen (secondary N) is 3. The molecular weight excluding hydrogens is 438 g/mol. The number of fused-ring (bicyclic) bond motifs is 1. The number of aromatic nitrogens is 4. The third kappa shape index (κ3) is 5.88. The van der Waals surface area contributed by atoms with Crippen molar-refractivity contribution >= 4 is 34.5 Å². The molecule has 8 nitrogen and oxygen atoms in total. The molecule has 3 N–H and O–H groups in total. The topological polar surface area (TPSA) is 103 Å². The Labute approximate surface area is 197 Å². The molecule has 1 saturated heterocycles. The Hall–Kier alpha value is -3.53. The molecule has 0 aromatic carbocycles. The second kappa shape index (κ2) is 10.2. The normalized spacial score (nSPS) is 15.9. The van der Waals surface area contributed by atoms with Gasteiger partial charge in [0.15, 0.2) is 5.82 Å². The first kappa shape index (κ1) is 23.6. The van der Waals surface area contributed by atoms with Gasteiger partial charge in [0.05, 0.1) is 30.3 Å². The van der Waals surface area contributed by atoms with E-state index in [1.807, 2.05) is 24.3 Å². The van der Waals surface area contributed by atoms with Crippen LogP contribution in [0.2, 0.25) is 0 Å². The van der Waals surface area contributed by atoms with Gasteiger partial charge in [0.1, 0.15) is 5.82 Å². The van der Waals surface area contributed by atoms with E-state index in [4.69, 9.17) is 5.41 Å². The van der Waals surface area contributed by atoms with E-state index in [0.29, 0.717) is 41.7 Å². The number of allylic oxidation sites excluding steroid dienone is 1. The average molecular weight is 467 g/mol. The number of anilines is 2. The fourth-order valence-electron chi connectivity index (χ4n) is 3.69. The number of halogens is 2. The van der Waals surface area contributed by atoms with Crippen molar-refractivity contribution in [3.8, 4) is 0 Å². The number of likely N-dealkylation sites (tertiary alicyclic amines) is 1. The summed E-state index contributed by atoms with van der Waals surface area (Å²) < 4.78 is 25.8. The van der Waals surface area contributed by atoms with Crippen LogP contribution in [-0.2, 0) is 0 Å². The molecule has 1 aliphatic heterocycles. The molecule has 3 aromatic heterocycles. The molecule has 0 spiro atoms. The number of hydrogen-bond acceptors (Lipinski definition) is 8. The summed E-state index contributed by atoms with van der Waals surface area (Å²) in [5.74, 6) is -0.948. The first-order valence-electron chi connectivity index (χ1n) is 11.2. The molecule has 0 atom stereocenters. The maximum absolute atomic E-state index is 12.9. The molecule has 34 heavy (non-hydrogen) atoms. The summed E-state index contributed by atoms with van der Waals surface area (Å²) in [7, 11) is 0. The van der Waals surface area contributed by atoms with Crippen LogP contribution in [0.3, 0.4) is 0 Å². The molecule has 4 rings (SSSR count). The van der Waals surface area contributed by atoms with Gasteiger partial charge < -0.3 is 16.0 Å². The first-order valence-corrected chi connectivity index (χ1v) is 11.2. The Morgan fingerprint density at radius 2 is 2.00 bits per heavy atom. The molecule has 0 saturated carbocycles. The van der Waals surface area contributed by atoms with Crippen molar-refractivity contribution in [3.63, 3.8) is 0 Å². The van der Waals surface area contributed by atoms with Gasteiger partial charge in [-0.25, -0.2) is 13.8 Å². The molecule has 3 aromatic rings. The van der Waals surface area contributed by atoms with Crippen molar-refractivity contribution in [2.24, 2.45) is 0 Å². The Morgan fingerprint density at radius 1 is 1.18 bits per heavy atom. The van der Waals surface area contributed by atoms with Crippen molar-refractivity contribution in [2.45, 2.75) is 32.1 Å². The molecule has 178 valence electrons. The highest BCUT2D eigenvalue weighted by Gasteiger charge is 2.43. The zero-order valence-electron chi connectivity index (χ0n) is 19.2. The molecule has 10 heteroatoms. The van der Waals surface area contributed by atoms with E-state index in [2.05, 4.69) is 44.6 Å². The van der Waals surface area contributed by atoms with E-state index >= 15 is 0 Å². The lowest BCUT2D eigenvalue weighted by molar-refractivity contribution is -0.130. The summed E-state index contributed by atoms with van der Waals surface area (Å²) in [6.45, 7) is 5.13. The summed E-state index contributed by atoms with van der Waals surface area (Å²) in [4.78, 5) is 10.8. The van der Waals surface area contributed by atoms with E-state index in [0.717, 1.165) is 23.1 Å². The van der Waals surface area contributed by atoms with Gasteiger partial charge in [0.2, 0.25) is 0 Å². The van der Waals surface area contributed by atoms with E-state index in [-0.39, 0.29) is 13.1 Å². The number of pyridine rings is 2. The molecule has 1 aliphatic rings. The van der Waals surface area contributed by atoms with Gasteiger partial charge in [-0.2, -0.15) is 5.10 Å². The van der Waals surface area contributed by atoms with Crippen LogP contribution >= 0.6 is 0 Å². The van der Waals surface area contributed by atoms with Crippen molar-refractivity contribution in [1.82, 2.24) is 30.4 Å². The van der Waals surface area contributed by atoms with Crippen LogP contribution < -0.4 is 10.6 Å². The maximum atomic E-state index is 12.9. The zero-order chi connectivity index (χ0) is 24.1. The lowest BCUT2D eigenvalue weighted by atomic mass is 10.1. The van der Waals surface area contributed by atoms with Crippen molar-refractivity contribution in [3.05, 3.63) is 54.0 Å². The molecular formula is C24H28F2N8. The van der Waals surface area contributed by atoms with E-state index in [1.54, 1.807) is 23.5 Å². The minimum atomic E-state index is -2.53. The van der Waals surface area contributed by atoms with Gasteiger partial charge in [-0.3, -0.25) is 9.88 Å². The minimum absolute atomic E-state index is 0.156. The molecule has 0 bridgehead atoms. The third-order valence-electron chi connectivity index (χ3n) is 5.59. The highest BCUT2D eigenvalue weighted by atomic mass is 19.3. The Balaban J connectivity index is 1.41. The summed E-state index contributed by atoms with van der Waals surface area (Å²) >= 11 is 0. The monoisotopic (exact) mass is 466 g/mol. The Kier molecular flexibility index (Phi) is 7.06. The fourth-order valence-corrected chi connectivity index (χ4v) is 3.69. The van der Waals surface area contributed by atoms with Crippen LogP contribution in [-0.4, -0.2) is 63.4 Å². The number of alkyl halides is 2. The van der Waals surface area contributed by atoms with E-state index < -0.39 is 5.92 Å². The van der Waals surface area contributed by atoms with Crippen LogP contribution in [0.1, 0.15) is 37.3 Å². The lowest BCUT2D eigenvalue weighted by Crippen LogP contribution is -2.56. The lowest BCUT2D eigenvalue weighted by Gasteiger charge is -2.38. The van der Waals surface area contributed by atoms with Crippen LogP contribution in [0.25, 0.3) is 16.6 Å². The quantitative estimate of drug-likeness (QED) is 0.304.